The second-order valence-corrected chi connectivity index (χ2v) is 5.61. The second-order valence-electron chi connectivity index (χ2n) is 5.20. The molecule has 2 aromatic carbocycles. The SMILES string of the molecule is Cc1cc(Cl)c(C(C)C)cc1Oc1ccc(CO)cc1. The van der Waals surface area contributed by atoms with E-state index in [1.54, 1.807) is 0 Å². The molecule has 0 spiro atoms. The molecule has 106 valence electrons. The molecule has 2 nitrogen and oxygen atoms in total. The largest absolute Gasteiger partial charge is 0.457 e. The lowest BCUT2D eigenvalue weighted by atomic mass is 10.0. The first-order chi connectivity index (χ1) is 9.51. The number of aliphatic hydroxyl groups is 1. The fourth-order valence-corrected chi connectivity index (χ4v) is 2.45. The van der Waals surface area contributed by atoms with Crippen molar-refractivity contribution in [3.05, 3.63) is 58.1 Å². The highest BCUT2D eigenvalue weighted by Gasteiger charge is 2.10. The van der Waals surface area contributed by atoms with Crippen molar-refractivity contribution in [3.63, 3.8) is 0 Å². The fourth-order valence-electron chi connectivity index (χ4n) is 2.01. The quantitative estimate of drug-likeness (QED) is 0.853. The highest BCUT2D eigenvalue weighted by molar-refractivity contribution is 6.31. The van der Waals surface area contributed by atoms with E-state index in [1.165, 1.54) is 0 Å². The van der Waals surface area contributed by atoms with Crippen molar-refractivity contribution in [2.24, 2.45) is 0 Å². The third-order valence-corrected chi connectivity index (χ3v) is 3.58. The summed E-state index contributed by atoms with van der Waals surface area (Å²) in [6, 6.07) is 11.4. The Kier molecular flexibility index (Phi) is 4.69. The summed E-state index contributed by atoms with van der Waals surface area (Å²) < 4.78 is 5.91. The molecule has 1 N–H and O–H groups in total. The number of ether oxygens (including phenoxy) is 1. The van der Waals surface area contributed by atoms with Gasteiger partial charge in [0, 0.05) is 5.02 Å². The zero-order valence-corrected chi connectivity index (χ0v) is 12.7. The average molecular weight is 291 g/mol. The van der Waals surface area contributed by atoms with Gasteiger partial charge in [-0.3, -0.25) is 0 Å². The van der Waals surface area contributed by atoms with Crippen molar-refractivity contribution in [2.45, 2.75) is 33.3 Å². The molecule has 0 saturated heterocycles. The van der Waals surface area contributed by atoms with Gasteiger partial charge in [0.1, 0.15) is 11.5 Å². The first-order valence-electron chi connectivity index (χ1n) is 6.69. The smallest absolute Gasteiger partial charge is 0.130 e. The molecular weight excluding hydrogens is 272 g/mol. The van der Waals surface area contributed by atoms with Crippen LogP contribution in [0.4, 0.5) is 0 Å². The van der Waals surface area contributed by atoms with Crippen molar-refractivity contribution in [3.8, 4) is 11.5 Å². The Hall–Kier alpha value is -1.51. The first kappa shape index (κ1) is 14.9. The minimum Gasteiger partial charge on any atom is -0.457 e. The molecule has 0 saturated carbocycles. The molecular formula is C17H19ClO2. The van der Waals surface area contributed by atoms with E-state index in [0.717, 1.165) is 33.2 Å². The predicted octanol–water partition coefficient (Wildman–Crippen LogP) is 5.06. The number of rotatable bonds is 4. The highest BCUT2D eigenvalue weighted by Crippen LogP contribution is 2.33. The lowest BCUT2D eigenvalue weighted by Gasteiger charge is -2.14. The minimum atomic E-state index is 0.0394. The lowest BCUT2D eigenvalue weighted by Crippen LogP contribution is -1.94. The third kappa shape index (κ3) is 3.33. The summed E-state index contributed by atoms with van der Waals surface area (Å²) in [6.07, 6.45) is 0. The number of hydrogen-bond donors (Lipinski definition) is 1. The van der Waals surface area contributed by atoms with E-state index in [4.69, 9.17) is 21.4 Å². The van der Waals surface area contributed by atoms with Crippen LogP contribution in [-0.2, 0) is 6.61 Å². The molecule has 0 aliphatic heterocycles. The second kappa shape index (κ2) is 6.29. The van der Waals surface area contributed by atoms with E-state index >= 15 is 0 Å². The predicted molar refractivity (Wildman–Crippen MR) is 82.7 cm³/mol. The summed E-state index contributed by atoms with van der Waals surface area (Å²) >= 11 is 6.26. The van der Waals surface area contributed by atoms with Crippen LogP contribution in [0.2, 0.25) is 5.02 Å². The molecule has 0 amide bonds. The monoisotopic (exact) mass is 290 g/mol. The topological polar surface area (TPSA) is 29.5 Å². The van der Waals surface area contributed by atoms with Gasteiger partial charge in [-0.2, -0.15) is 0 Å². The van der Waals surface area contributed by atoms with Gasteiger partial charge >= 0.3 is 0 Å². The maximum Gasteiger partial charge on any atom is 0.130 e. The Labute approximate surface area is 125 Å². The summed E-state index contributed by atoms with van der Waals surface area (Å²) in [7, 11) is 0. The summed E-state index contributed by atoms with van der Waals surface area (Å²) in [4.78, 5) is 0. The van der Waals surface area contributed by atoms with Crippen LogP contribution in [0.5, 0.6) is 11.5 Å². The highest BCUT2D eigenvalue weighted by atomic mass is 35.5. The molecule has 0 heterocycles. The van der Waals surface area contributed by atoms with Crippen LogP contribution < -0.4 is 4.74 Å². The summed E-state index contributed by atoms with van der Waals surface area (Å²) in [5.74, 6) is 1.92. The van der Waals surface area contributed by atoms with Crippen LogP contribution in [0.1, 0.15) is 36.5 Å². The van der Waals surface area contributed by atoms with Gasteiger partial charge in [-0.1, -0.05) is 37.6 Å². The zero-order valence-electron chi connectivity index (χ0n) is 12.0. The van der Waals surface area contributed by atoms with Gasteiger partial charge in [0.15, 0.2) is 0 Å². The fraction of sp³-hybridized carbons (Fsp3) is 0.294. The van der Waals surface area contributed by atoms with E-state index in [-0.39, 0.29) is 6.61 Å². The number of benzene rings is 2. The molecule has 20 heavy (non-hydrogen) atoms. The minimum absolute atomic E-state index is 0.0394. The number of hydrogen-bond acceptors (Lipinski definition) is 2. The van der Waals surface area contributed by atoms with Crippen LogP contribution in [0.25, 0.3) is 0 Å². The molecule has 3 heteroatoms. The van der Waals surface area contributed by atoms with Gasteiger partial charge in [-0.05, 0) is 53.8 Å². The number of aryl methyl sites for hydroxylation is 1. The lowest BCUT2D eigenvalue weighted by molar-refractivity contribution is 0.281. The summed E-state index contributed by atoms with van der Waals surface area (Å²) in [6.45, 7) is 6.23. The standard InChI is InChI=1S/C17H19ClO2/c1-11(2)15-9-17(12(3)8-16(15)18)20-14-6-4-13(10-19)5-7-14/h4-9,11,19H,10H2,1-3H3. The molecule has 0 aliphatic carbocycles. The van der Waals surface area contributed by atoms with Crippen LogP contribution in [0.15, 0.2) is 36.4 Å². The molecule has 2 aromatic rings. The molecule has 0 aromatic heterocycles. The van der Waals surface area contributed by atoms with Crippen molar-refractivity contribution in [1.29, 1.82) is 0 Å². The summed E-state index contributed by atoms with van der Waals surface area (Å²) in [5, 5.41) is 9.81. The van der Waals surface area contributed by atoms with Crippen LogP contribution >= 0.6 is 11.6 Å². The van der Waals surface area contributed by atoms with E-state index < -0.39 is 0 Å². The maximum atomic E-state index is 9.03. The van der Waals surface area contributed by atoms with Crippen molar-refractivity contribution >= 4 is 11.6 Å². The van der Waals surface area contributed by atoms with E-state index in [2.05, 4.69) is 13.8 Å². The molecule has 0 radical (unpaired) electrons. The molecule has 2 rings (SSSR count). The van der Waals surface area contributed by atoms with Crippen LogP contribution in [-0.4, -0.2) is 5.11 Å². The van der Waals surface area contributed by atoms with E-state index in [1.807, 2.05) is 43.3 Å². The molecule has 0 atom stereocenters. The number of halogens is 1. The van der Waals surface area contributed by atoms with Crippen LogP contribution in [0, 0.1) is 6.92 Å². The van der Waals surface area contributed by atoms with Crippen molar-refractivity contribution < 1.29 is 9.84 Å². The van der Waals surface area contributed by atoms with Gasteiger partial charge in [0.2, 0.25) is 0 Å². The molecule has 0 fully saturated rings. The first-order valence-corrected chi connectivity index (χ1v) is 7.06. The van der Waals surface area contributed by atoms with Crippen molar-refractivity contribution in [1.82, 2.24) is 0 Å². The van der Waals surface area contributed by atoms with E-state index in [9.17, 15) is 0 Å². The van der Waals surface area contributed by atoms with Crippen LogP contribution in [0.3, 0.4) is 0 Å². The summed E-state index contributed by atoms with van der Waals surface area (Å²) in [5.41, 5.74) is 2.96. The maximum absolute atomic E-state index is 9.03. The molecule has 0 aliphatic rings. The van der Waals surface area contributed by atoms with E-state index in [0.29, 0.717) is 5.92 Å². The Morgan fingerprint density at radius 1 is 1.15 bits per heavy atom. The Morgan fingerprint density at radius 2 is 1.80 bits per heavy atom. The Balaban J connectivity index is 2.30. The Bertz CT molecular complexity index is 589. The normalized spacial score (nSPS) is 10.9. The molecule has 0 unspecified atom stereocenters. The van der Waals surface area contributed by atoms with Gasteiger partial charge in [-0.25, -0.2) is 0 Å². The number of aliphatic hydroxyl groups excluding tert-OH is 1. The van der Waals surface area contributed by atoms with Gasteiger partial charge < -0.3 is 9.84 Å². The average Bonchev–Trinajstić information content (AvgIpc) is 2.42. The van der Waals surface area contributed by atoms with Gasteiger partial charge in [-0.15, -0.1) is 0 Å². The van der Waals surface area contributed by atoms with Crippen molar-refractivity contribution in [2.75, 3.05) is 0 Å². The third-order valence-electron chi connectivity index (χ3n) is 3.25. The molecule has 0 bridgehead atoms. The Morgan fingerprint density at radius 3 is 2.35 bits per heavy atom. The van der Waals surface area contributed by atoms with Gasteiger partial charge in [0.25, 0.3) is 0 Å². The van der Waals surface area contributed by atoms with Gasteiger partial charge in [0.05, 0.1) is 6.61 Å². The zero-order chi connectivity index (χ0) is 14.7.